The van der Waals surface area contributed by atoms with Crippen LogP contribution in [0.1, 0.15) is 17.3 Å². The molecule has 0 aromatic heterocycles. The molecule has 0 heterocycles. The average Bonchev–Trinajstić information content (AvgIpc) is 2.51. The van der Waals surface area contributed by atoms with E-state index in [2.05, 4.69) is 10.6 Å². The minimum absolute atomic E-state index is 0.0216. The molecule has 134 valence electrons. The molecule has 3 N–H and O–H groups in total. The molecule has 2 aromatic rings. The van der Waals surface area contributed by atoms with Crippen LogP contribution < -0.4 is 32.1 Å². The van der Waals surface area contributed by atoms with Gasteiger partial charge >= 0.3 is 164 Å². The summed E-state index contributed by atoms with van der Waals surface area (Å²) in [4.78, 5) is 23.5. The van der Waals surface area contributed by atoms with E-state index < -0.39 is 27.4 Å². The Labute approximate surface area is 164 Å². The fourth-order valence-electron chi connectivity index (χ4n) is 1.91. The van der Waals surface area contributed by atoms with Crippen LogP contribution in [-0.4, -0.2) is 20.5 Å². The van der Waals surface area contributed by atoms with Gasteiger partial charge in [-0.3, -0.25) is 0 Å². The summed E-state index contributed by atoms with van der Waals surface area (Å²) in [6.07, 6.45) is 0. The Morgan fingerprint density at radius 1 is 1.08 bits per heavy atom. The third-order valence-corrected chi connectivity index (χ3v) is 5.76. The number of anilines is 2. The van der Waals surface area contributed by atoms with Gasteiger partial charge < -0.3 is 0 Å². The zero-order valence-electron chi connectivity index (χ0n) is 12.7. The zero-order valence-corrected chi connectivity index (χ0v) is 16.4. The summed E-state index contributed by atoms with van der Waals surface area (Å²) in [5, 5.41) is 25.1. The van der Waals surface area contributed by atoms with Gasteiger partial charge in [0.05, 0.1) is 0 Å². The molecule has 0 fully saturated rings. The van der Waals surface area contributed by atoms with Gasteiger partial charge in [-0.25, -0.2) is 0 Å². The molecular weight excluding hydrogens is 484 g/mol. The normalized spacial score (nSPS) is 10.8. The first-order chi connectivity index (χ1) is 11.8. The van der Waals surface area contributed by atoms with Crippen molar-refractivity contribution in [2.75, 3.05) is 10.6 Å². The Kier molecular flexibility index (Phi) is 6.99. The Hall–Kier alpha value is -1.43. The van der Waals surface area contributed by atoms with Crippen LogP contribution in [0, 0.1) is 8.78 Å². The standard InChI is InChI=1S/C15H12Cl2IN3O4/c1-8(22)19-9-2-4-10(5-3-9)20-15(23)13-11(16)6-7-12(14(13)17)18-21(24)25/h2-7,24H,1H3,(H,19,22)(H,20,23)/q-2. The molecule has 0 aliphatic rings. The van der Waals surface area contributed by atoms with Crippen molar-refractivity contribution >= 4 is 46.4 Å². The monoisotopic (exact) mass is 495 g/mol. The van der Waals surface area contributed by atoms with Crippen LogP contribution in [0.15, 0.2) is 36.4 Å². The number of benzene rings is 2. The van der Waals surface area contributed by atoms with E-state index in [0.29, 0.717) is 14.9 Å². The van der Waals surface area contributed by atoms with Crippen LogP contribution >= 0.6 is 23.2 Å². The van der Waals surface area contributed by atoms with E-state index in [1.165, 1.54) is 19.1 Å². The summed E-state index contributed by atoms with van der Waals surface area (Å²) in [5.41, 5.74) is 1.08. The first-order valence-corrected chi connectivity index (χ1v) is 9.56. The average molecular weight is 496 g/mol. The summed E-state index contributed by atoms with van der Waals surface area (Å²) in [7, 11) is 0. The van der Waals surface area contributed by atoms with Crippen molar-refractivity contribution in [1.82, 2.24) is 3.44 Å². The van der Waals surface area contributed by atoms with Crippen molar-refractivity contribution < 1.29 is 36.3 Å². The van der Waals surface area contributed by atoms with Gasteiger partial charge in [0, 0.05) is 0 Å². The van der Waals surface area contributed by atoms with Gasteiger partial charge in [0.15, 0.2) is 0 Å². The SMILES string of the molecule is CC(=O)Nc1ccc(NC(=O)c2c(Cl)ccc([I-]N([O-])O)c2Cl)cc1. The van der Waals surface area contributed by atoms with Crippen molar-refractivity contribution in [3.8, 4) is 0 Å². The number of rotatable bonds is 5. The molecule has 0 bridgehead atoms. The van der Waals surface area contributed by atoms with Gasteiger partial charge in [-0.15, -0.1) is 0 Å². The van der Waals surface area contributed by atoms with Gasteiger partial charge in [-0.05, 0) is 0 Å². The fourth-order valence-corrected chi connectivity index (χ4v) is 3.94. The van der Waals surface area contributed by atoms with E-state index in [1.54, 1.807) is 24.3 Å². The molecule has 25 heavy (non-hydrogen) atoms. The van der Waals surface area contributed by atoms with E-state index in [9.17, 15) is 14.8 Å². The summed E-state index contributed by atoms with van der Waals surface area (Å²) < 4.78 is 0.185. The van der Waals surface area contributed by atoms with Crippen LogP contribution in [0.2, 0.25) is 10.0 Å². The van der Waals surface area contributed by atoms with Crippen molar-refractivity contribution in [2.45, 2.75) is 6.92 Å². The van der Waals surface area contributed by atoms with Crippen molar-refractivity contribution in [3.63, 3.8) is 0 Å². The Morgan fingerprint density at radius 3 is 2.16 bits per heavy atom. The Morgan fingerprint density at radius 2 is 1.64 bits per heavy atom. The first-order valence-electron chi connectivity index (χ1n) is 6.76. The zero-order chi connectivity index (χ0) is 18.6. The van der Waals surface area contributed by atoms with Crippen molar-refractivity contribution in [3.05, 3.63) is 60.8 Å². The third-order valence-electron chi connectivity index (χ3n) is 2.90. The molecule has 7 nitrogen and oxygen atoms in total. The number of hydrogen-bond acceptors (Lipinski definition) is 5. The van der Waals surface area contributed by atoms with E-state index >= 15 is 0 Å². The van der Waals surface area contributed by atoms with E-state index in [0.717, 1.165) is 0 Å². The molecule has 0 atom stereocenters. The number of amides is 2. The van der Waals surface area contributed by atoms with Crippen molar-refractivity contribution in [2.24, 2.45) is 0 Å². The topological polar surface area (TPSA) is 105 Å². The van der Waals surface area contributed by atoms with Crippen LogP contribution in [0.5, 0.6) is 0 Å². The number of nitrogens with zero attached hydrogens (tertiary/aromatic N) is 1. The van der Waals surface area contributed by atoms with Crippen LogP contribution in [-0.2, 0) is 4.79 Å². The molecule has 0 aliphatic heterocycles. The van der Waals surface area contributed by atoms with Crippen LogP contribution in [0.25, 0.3) is 0 Å². The molecule has 2 aromatic carbocycles. The molecule has 0 aliphatic carbocycles. The number of carbonyl (C=O) groups is 2. The summed E-state index contributed by atoms with van der Waals surface area (Å²) in [5.74, 6) is -0.754. The number of carbonyl (C=O) groups excluding carboxylic acids is 2. The van der Waals surface area contributed by atoms with E-state index in [4.69, 9.17) is 28.4 Å². The van der Waals surface area contributed by atoms with Gasteiger partial charge in [-0.2, -0.15) is 0 Å². The predicted octanol–water partition coefficient (Wildman–Crippen LogP) is 0.567. The molecule has 10 heteroatoms. The second-order valence-electron chi connectivity index (χ2n) is 4.74. The van der Waals surface area contributed by atoms with Gasteiger partial charge in [0.1, 0.15) is 0 Å². The minimum atomic E-state index is -1.46. The number of hydrogen-bond donors (Lipinski definition) is 3. The molecule has 0 spiro atoms. The fraction of sp³-hybridized carbons (Fsp3) is 0.0667. The number of nitrogens with one attached hydrogen (secondary N) is 2. The second-order valence-corrected chi connectivity index (χ2v) is 8.00. The third kappa shape index (κ3) is 5.53. The summed E-state index contributed by atoms with van der Waals surface area (Å²) >= 11 is 10.7. The molecule has 2 rings (SSSR count). The van der Waals surface area contributed by atoms with Gasteiger partial charge in [0.25, 0.3) is 0 Å². The Balaban J connectivity index is 2.21. The quantitative estimate of drug-likeness (QED) is 0.243. The van der Waals surface area contributed by atoms with E-state index in [1.807, 2.05) is 0 Å². The van der Waals surface area contributed by atoms with Gasteiger partial charge in [0.2, 0.25) is 0 Å². The Bertz CT molecular complexity index is 800. The molecule has 0 saturated heterocycles. The number of halogens is 3. The molecule has 0 unspecified atom stereocenters. The maximum atomic E-state index is 12.5. The maximum absolute atomic E-state index is 12.5. The first kappa shape index (κ1) is 19.9. The van der Waals surface area contributed by atoms with Crippen molar-refractivity contribution in [1.29, 1.82) is 0 Å². The van der Waals surface area contributed by atoms with Crippen LogP contribution in [0.4, 0.5) is 11.4 Å². The molecule has 2 amide bonds. The second kappa shape index (κ2) is 8.79. The predicted molar refractivity (Wildman–Crippen MR) is 90.9 cm³/mol. The van der Waals surface area contributed by atoms with Gasteiger partial charge in [-0.1, -0.05) is 0 Å². The molecular formula is C15H12Cl2IN3O4-2. The molecule has 0 radical (unpaired) electrons. The summed E-state index contributed by atoms with van der Waals surface area (Å²) in [6.45, 7) is 1.39. The van der Waals surface area contributed by atoms with E-state index in [-0.39, 0.29) is 25.0 Å². The van der Waals surface area contributed by atoms with Crippen LogP contribution in [0.3, 0.4) is 0 Å². The molecule has 0 saturated carbocycles. The summed E-state index contributed by atoms with van der Waals surface area (Å²) in [6, 6.07) is 9.41.